The predicted molar refractivity (Wildman–Crippen MR) is 64.8 cm³/mol. The van der Waals surface area contributed by atoms with Gasteiger partial charge in [0.1, 0.15) is 12.4 Å². The highest BCUT2D eigenvalue weighted by atomic mass is 16.5. The molecular formula is C13H16N2O2. The fourth-order valence-electron chi connectivity index (χ4n) is 1.68. The molecular weight excluding hydrogens is 216 g/mol. The first-order chi connectivity index (χ1) is 8.29. The van der Waals surface area contributed by atoms with Crippen LogP contribution in [0.4, 0.5) is 0 Å². The number of benzene rings is 1. The second kappa shape index (κ2) is 5.50. The summed E-state index contributed by atoms with van der Waals surface area (Å²) < 4.78 is 7.47. The van der Waals surface area contributed by atoms with Gasteiger partial charge in [0.05, 0.1) is 6.20 Å². The molecule has 0 unspecified atom stereocenters. The number of aryl methyl sites for hydroxylation is 1. The second-order valence-corrected chi connectivity index (χ2v) is 3.89. The van der Waals surface area contributed by atoms with E-state index in [1.165, 1.54) is 0 Å². The highest BCUT2D eigenvalue weighted by molar-refractivity contribution is 5.33. The standard InChI is InChI=1S/C13H16N2O2/c1-15-9-11(8-14-15)10-17-13-5-3-2-4-12(13)6-7-16/h2-5,8-9,16H,6-7,10H2,1H3. The summed E-state index contributed by atoms with van der Waals surface area (Å²) in [6.07, 6.45) is 4.33. The van der Waals surface area contributed by atoms with Crippen molar-refractivity contribution in [1.82, 2.24) is 9.78 Å². The van der Waals surface area contributed by atoms with E-state index < -0.39 is 0 Å². The van der Waals surface area contributed by atoms with Crippen LogP contribution in [0.1, 0.15) is 11.1 Å². The Morgan fingerprint density at radius 3 is 2.88 bits per heavy atom. The number of aromatic nitrogens is 2. The van der Waals surface area contributed by atoms with Gasteiger partial charge in [-0.15, -0.1) is 0 Å². The number of para-hydroxylation sites is 1. The van der Waals surface area contributed by atoms with Crippen LogP contribution in [0.2, 0.25) is 0 Å². The molecule has 0 atom stereocenters. The van der Waals surface area contributed by atoms with E-state index in [2.05, 4.69) is 5.10 Å². The van der Waals surface area contributed by atoms with Crippen molar-refractivity contribution >= 4 is 0 Å². The molecule has 4 nitrogen and oxygen atoms in total. The largest absolute Gasteiger partial charge is 0.489 e. The monoisotopic (exact) mass is 232 g/mol. The average Bonchev–Trinajstić information content (AvgIpc) is 2.74. The minimum atomic E-state index is 0.132. The summed E-state index contributed by atoms with van der Waals surface area (Å²) in [4.78, 5) is 0. The summed E-state index contributed by atoms with van der Waals surface area (Å²) in [7, 11) is 1.88. The lowest BCUT2D eigenvalue weighted by Crippen LogP contribution is -1.99. The van der Waals surface area contributed by atoms with Crippen molar-refractivity contribution in [3.8, 4) is 5.75 Å². The van der Waals surface area contributed by atoms with Crippen molar-refractivity contribution < 1.29 is 9.84 Å². The molecule has 2 aromatic rings. The zero-order valence-corrected chi connectivity index (χ0v) is 9.84. The number of hydrogen-bond acceptors (Lipinski definition) is 3. The summed E-state index contributed by atoms with van der Waals surface area (Å²) in [6, 6.07) is 7.76. The van der Waals surface area contributed by atoms with Crippen LogP contribution in [-0.2, 0) is 20.1 Å². The zero-order valence-electron chi connectivity index (χ0n) is 9.84. The first kappa shape index (κ1) is 11.7. The molecule has 0 fully saturated rings. The van der Waals surface area contributed by atoms with E-state index in [0.717, 1.165) is 16.9 Å². The van der Waals surface area contributed by atoms with Gasteiger partial charge in [0, 0.05) is 25.4 Å². The molecule has 90 valence electrons. The Morgan fingerprint density at radius 2 is 2.18 bits per heavy atom. The maximum absolute atomic E-state index is 8.96. The molecule has 0 aliphatic carbocycles. The van der Waals surface area contributed by atoms with Crippen LogP contribution in [-0.4, -0.2) is 21.5 Å². The van der Waals surface area contributed by atoms with E-state index in [-0.39, 0.29) is 6.61 Å². The number of hydrogen-bond donors (Lipinski definition) is 1. The van der Waals surface area contributed by atoms with Crippen molar-refractivity contribution in [1.29, 1.82) is 0 Å². The van der Waals surface area contributed by atoms with Crippen molar-refractivity contribution in [3.05, 3.63) is 47.8 Å². The molecule has 1 N–H and O–H groups in total. The van der Waals surface area contributed by atoms with Crippen LogP contribution in [0.15, 0.2) is 36.7 Å². The van der Waals surface area contributed by atoms with Gasteiger partial charge in [-0.05, 0) is 18.1 Å². The molecule has 1 aromatic heterocycles. The maximum Gasteiger partial charge on any atom is 0.123 e. The molecule has 17 heavy (non-hydrogen) atoms. The molecule has 0 saturated heterocycles. The Bertz CT molecular complexity index is 480. The van der Waals surface area contributed by atoms with Crippen LogP contribution in [0.25, 0.3) is 0 Å². The number of nitrogens with zero attached hydrogens (tertiary/aromatic N) is 2. The Hall–Kier alpha value is -1.81. The fourth-order valence-corrected chi connectivity index (χ4v) is 1.68. The van der Waals surface area contributed by atoms with Gasteiger partial charge in [-0.3, -0.25) is 4.68 Å². The van der Waals surface area contributed by atoms with E-state index in [4.69, 9.17) is 9.84 Å². The molecule has 0 radical (unpaired) electrons. The van der Waals surface area contributed by atoms with Crippen molar-refractivity contribution in [3.63, 3.8) is 0 Å². The number of ether oxygens (including phenoxy) is 1. The van der Waals surface area contributed by atoms with E-state index in [1.807, 2.05) is 37.5 Å². The third-order valence-electron chi connectivity index (χ3n) is 2.51. The number of rotatable bonds is 5. The van der Waals surface area contributed by atoms with E-state index in [0.29, 0.717) is 13.0 Å². The smallest absolute Gasteiger partial charge is 0.123 e. The van der Waals surface area contributed by atoms with Crippen LogP contribution >= 0.6 is 0 Å². The Kier molecular flexibility index (Phi) is 3.77. The van der Waals surface area contributed by atoms with Gasteiger partial charge >= 0.3 is 0 Å². The molecule has 0 saturated carbocycles. The average molecular weight is 232 g/mol. The van der Waals surface area contributed by atoms with Crippen molar-refractivity contribution in [2.24, 2.45) is 7.05 Å². The molecule has 0 aliphatic rings. The first-order valence-electron chi connectivity index (χ1n) is 5.58. The number of aliphatic hydroxyl groups is 1. The summed E-state index contributed by atoms with van der Waals surface area (Å²) in [6.45, 7) is 0.629. The lowest BCUT2D eigenvalue weighted by Gasteiger charge is -2.09. The summed E-state index contributed by atoms with van der Waals surface area (Å²) in [5.41, 5.74) is 2.06. The van der Waals surface area contributed by atoms with Crippen LogP contribution in [0.3, 0.4) is 0 Å². The zero-order chi connectivity index (χ0) is 12.1. The lowest BCUT2D eigenvalue weighted by atomic mass is 10.1. The summed E-state index contributed by atoms with van der Waals surface area (Å²) in [5.74, 6) is 0.824. The molecule has 1 aromatic carbocycles. The quantitative estimate of drug-likeness (QED) is 0.850. The van der Waals surface area contributed by atoms with Gasteiger partial charge in [-0.2, -0.15) is 5.10 Å². The Morgan fingerprint density at radius 1 is 1.35 bits per heavy atom. The lowest BCUT2D eigenvalue weighted by molar-refractivity contribution is 0.284. The summed E-state index contributed by atoms with van der Waals surface area (Å²) >= 11 is 0. The van der Waals surface area contributed by atoms with Crippen molar-refractivity contribution in [2.45, 2.75) is 13.0 Å². The molecule has 0 aliphatic heterocycles. The molecule has 4 heteroatoms. The third kappa shape index (κ3) is 3.07. The Labute approximate surface area is 100 Å². The third-order valence-corrected chi connectivity index (χ3v) is 2.51. The predicted octanol–water partition coefficient (Wildman–Crippen LogP) is 1.53. The van der Waals surface area contributed by atoms with Gasteiger partial charge in [0.2, 0.25) is 0 Å². The van der Waals surface area contributed by atoms with Crippen molar-refractivity contribution in [2.75, 3.05) is 6.61 Å². The van der Waals surface area contributed by atoms with E-state index >= 15 is 0 Å². The first-order valence-corrected chi connectivity index (χ1v) is 5.58. The molecule has 0 bridgehead atoms. The molecule has 1 heterocycles. The number of aliphatic hydroxyl groups excluding tert-OH is 1. The van der Waals surface area contributed by atoms with Gasteiger partial charge < -0.3 is 9.84 Å². The maximum atomic E-state index is 8.96. The molecule has 0 spiro atoms. The fraction of sp³-hybridized carbons (Fsp3) is 0.308. The van der Waals surface area contributed by atoms with Gasteiger partial charge in [-0.1, -0.05) is 18.2 Å². The normalized spacial score (nSPS) is 10.5. The van der Waals surface area contributed by atoms with E-state index in [9.17, 15) is 0 Å². The summed E-state index contributed by atoms with van der Waals surface area (Å²) in [5, 5.41) is 13.0. The van der Waals surface area contributed by atoms with Crippen LogP contribution < -0.4 is 4.74 Å². The molecule has 2 rings (SSSR count). The van der Waals surface area contributed by atoms with Gasteiger partial charge in [0.25, 0.3) is 0 Å². The van der Waals surface area contributed by atoms with Crippen LogP contribution in [0.5, 0.6) is 5.75 Å². The molecule has 0 amide bonds. The Balaban J connectivity index is 2.03. The topological polar surface area (TPSA) is 47.3 Å². The van der Waals surface area contributed by atoms with E-state index in [1.54, 1.807) is 10.9 Å². The highest BCUT2D eigenvalue weighted by Gasteiger charge is 2.03. The van der Waals surface area contributed by atoms with Crippen LogP contribution in [0, 0.1) is 0 Å². The van der Waals surface area contributed by atoms with Gasteiger partial charge in [0.15, 0.2) is 0 Å². The second-order valence-electron chi connectivity index (χ2n) is 3.89. The highest BCUT2D eigenvalue weighted by Crippen LogP contribution is 2.19. The SMILES string of the molecule is Cn1cc(COc2ccccc2CCO)cn1. The van der Waals surface area contributed by atoms with Gasteiger partial charge in [-0.25, -0.2) is 0 Å². The minimum absolute atomic E-state index is 0.132. The minimum Gasteiger partial charge on any atom is -0.489 e.